The molecule has 0 nitrogen and oxygen atoms in total. The van der Waals surface area contributed by atoms with Crippen molar-refractivity contribution in [2.75, 3.05) is 5.75 Å². The third-order valence-electron chi connectivity index (χ3n) is 2.43. The molecule has 0 aromatic rings. The molecule has 0 aromatic heterocycles. The zero-order valence-electron chi connectivity index (χ0n) is 10.9. The maximum Gasteiger partial charge on any atom is 0.0238 e. The van der Waals surface area contributed by atoms with E-state index >= 15 is 0 Å². The van der Waals surface area contributed by atoms with Gasteiger partial charge in [0.2, 0.25) is 0 Å². The van der Waals surface area contributed by atoms with Crippen molar-refractivity contribution in [3.05, 3.63) is 70.7 Å². The van der Waals surface area contributed by atoms with Gasteiger partial charge < -0.3 is 0 Å². The Labute approximate surface area is 109 Å². The van der Waals surface area contributed by atoms with Crippen LogP contribution in [0.1, 0.15) is 20.8 Å². The van der Waals surface area contributed by atoms with Crippen LogP contribution in [0, 0.1) is 0 Å². The summed E-state index contributed by atoms with van der Waals surface area (Å²) >= 11 is 1.90. The molecule has 0 bridgehead atoms. The molecule has 1 aliphatic rings. The van der Waals surface area contributed by atoms with E-state index in [0.717, 1.165) is 5.75 Å². The Kier molecular flexibility index (Phi) is 5.85. The van der Waals surface area contributed by atoms with Crippen molar-refractivity contribution >= 4 is 11.8 Å². The van der Waals surface area contributed by atoms with Crippen LogP contribution in [0.4, 0.5) is 0 Å². The first-order chi connectivity index (χ1) is 8.22. The van der Waals surface area contributed by atoms with Gasteiger partial charge in [0.05, 0.1) is 0 Å². The lowest BCUT2D eigenvalue weighted by Crippen LogP contribution is -1.85. The molecule has 90 valence electrons. The van der Waals surface area contributed by atoms with Crippen molar-refractivity contribution in [1.82, 2.24) is 0 Å². The van der Waals surface area contributed by atoms with Crippen LogP contribution in [0.15, 0.2) is 70.7 Å². The van der Waals surface area contributed by atoms with Gasteiger partial charge in [-0.05, 0) is 31.9 Å². The fourth-order valence-corrected chi connectivity index (χ4v) is 2.88. The minimum absolute atomic E-state index is 1.06. The molecule has 1 heteroatoms. The second-order valence-corrected chi connectivity index (χ2v) is 4.90. The van der Waals surface area contributed by atoms with E-state index < -0.39 is 0 Å². The van der Waals surface area contributed by atoms with Gasteiger partial charge in [0, 0.05) is 10.7 Å². The Morgan fingerprint density at radius 1 is 1.24 bits per heavy atom. The van der Waals surface area contributed by atoms with Gasteiger partial charge in [-0.2, -0.15) is 0 Å². The van der Waals surface area contributed by atoms with Gasteiger partial charge in [-0.25, -0.2) is 0 Å². The predicted octanol–water partition coefficient (Wildman–Crippen LogP) is 5.20. The summed E-state index contributed by atoms with van der Waals surface area (Å²) in [6, 6.07) is 0. The van der Waals surface area contributed by atoms with Crippen molar-refractivity contribution in [2.45, 2.75) is 20.8 Å². The third-order valence-corrected chi connectivity index (χ3v) is 3.55. The van der Waals surface area contributed by atoms with E-state index in [1.807, 2.05) is 23.9 Å². The zero-order valence-corrected chi connectivity index (χ0v) is 11.7. The fraction of sp³-hybridized carbons (Fsp3) is 0.250. The molecule has 0 spiro atoms. The van der Waals surface area contributed by atoms with E-state index in [1.54, 1.807) is 0 Å². The summed E-state index contributed by atoms with van der Waals surface area (Å²) in [5.41, 5.74) is 4.00. The maximum atomic E-state index is 3.73. The molecule has 1 rings (SSSR count). The second kappa shape index (κ2) is 7.18. The summed E-state index contributed by atoms with van der Waals surface area (Å²) in [5, 5.41) is 0. The van der Waals surface area contributed by atoms with Gasteiger partial charge >= 0.3 is 0 Å². The number of allylic oxidation sites excluding steroid dienone is 9. The number of hydrogen-bond donors (Lipinski definition) is 0. The van der Waals surface area contributed by atoms with Gasteiger partial charge in [0.25, 0.3) is 0 Å². The molecule has 0 N–H and O–H groups in total. The van der Waals surface area contributed by atoms with E-state index in [0.29, 0.717) is 0 Å². The van der Waals surface area contributed by atoms with Crippen molar-refractivity contribution in [1.29, 1.82) is 0 Å². The largest absolute Gasteiger partial charge is 0.121 e. The minimum Gasteiger partial charge on any atom is -0.121 e. The molecule has 0 aromatic carbocycles. The number of rotatable bonds is 4. The van der Waals surface area contributed by atoms with Crippen LogP contribution < -0.4 is 0 Å². The van der Waals surface area contributed by atoms with Crippen LogP contribution in [0.25, 0.3) is 0 Å². The fourth-order valence-electron chi connectivity index (χ4n) is 1.74. The lowest BCUT2D eigenvalue weighted by Gasteiger charge is -2.00. The first-order valence-electron chi connectivity index (χ1n) is 5.85. The van der Waals surface area contributed by atoms with Crippen molar-refractivity contribution in [2.24, 2.45) is 0 Å². The molecule has 0 atom stereocenters. The van der Waals surface area contributed by atoms with Crippen LogP contribution >= 0.6 is 11.8 Å². The Hall–Kier alpha value is -1.21. The molecule has 0 unspecified atom stereocenters. The highest BCUT2D eigenvalue weighted by Gasteiger charge is 2.16. The molecule has 0 fully saturated rings. The third kappa shape index (κ3) is 3.94. The highest BCUT2D eigenvalue weighted by Crippen LogP contribution is 2.37. The summed E-state index contributed by atoms with van der Waals surface area (Å²) in [7, 11) is 0. The summed E-state index contributed by atoms with van der Waals surface area (Å²) in [6.07, 6.45) is 14.7. The Bertz CT molecular complexity index is 428. The molecular formula is C16H20S. The topological polar surface area (TPSA) is 0 Å². The standard InChI is InChI=1S/C16H20S/c1-5-8-13(4)11-14-12-17-16(10-7-3)15(14)9-6-2/h5-11H,1,12H2,2-4H3/b9-6-,10-7-,13-8-,14-11+. The zero-order chi connectivity index (χ0) is 12.7. The van der Waals surface area contributed by atoms with Crippen LogP contribution in [-0.4, -0.2) is 5.75 Å². The van der Waals surface area contributed by atoms with Crippen LogP contribution in [0.3, 0.4) is 0 Å². The second-order valence-electron chi connectivity index (χ2n) is 3.88. The average molecular weight is 244 g/mol. The predicted molar refractivity (Wildman–Crippen MR) is 81.1 cm³/mol. The van der Waals surface area contributed by atoms with E-state index in [2.05, 4.69) is 57.7 Å². The van der Waals surface area contributed by atoms with Crippen molar-refractivity contribution < 1.29 is 0 Å². The van der Waals surface area contributed by atoms with E-state index in [-0.39, 0.29) is 0 Å². The van der Waals surface area contributed by atoms with Gasteiger partial charge in [-0.15, -0.1) is 11.8 Å². The molecule has 0 radical (unpaired) electrons. The normalized spacial score (nSPS) is 20.2. The lowest BCUT2D eigenvalue weighted by molar-refractivity contribution is 1.40. The molecule has 1 heterocycles. The highest BCUT2D eigenvalue weighted by molar-refractivity contribution is 8.03. The molecule has 0 aliphatic carbocycles. The van der Waals surface area contributed by atoms with Gasteiger partial charge in [0.15, 0.2) is 0 Å². The molecule has 17 heavy (non-hydrogen) atoms. The summed E-state index contributed by atoms with van der Waals surface area (Å²) in [6.45, 7) is 9.96. The minimum atomic E-state index is 1.06. The monoisotopic (exact) mass is 244 g/mol. The maximum absolute atomic E-state index is 3.73. The van der Waals surface area contributed by atoms with Gasteiger partial charge in [-0.1, -0.05) is 54.7 Å². The lowest BCUT2D eigenvalue weighted by atomic mass is 10.0. The average Bonchev–Trinajstić information content (AvgIpc) is 2.64. The smallest absolute Gasteiger partial charge is 0.0238 e. The highest BCUT2D eigenvalue weighted by atomic mass is 32.2. The van der Waals surface area contributed by atoms with E-state index in [1.165, 1.54) is 21.6 Å². The van der Waals surface area contributed by atoms with Crippen molar-refractivity contribution in [3.63, 3.8) is 0 Å². The van der Waals surface area contributed by atoms with Crippen LogP contribution in [0.2, 0.25) is 0 Å². The molecular weight excluding hydrogens is 224 g/mol. The molecule has 1 aliphatic heterocycles. The Morgan fingerprint density at radius 3 is 2.53 bits per heavy atom. The van der Waals surface area contributed by atoms with Crippen molar-refractivity contribution in [3.8, 4) is 0 Å². The SMILES string of the molecule is C=C/C=C(C)\C=C1/CSC(/C=C\C)=C1/C=C\C. The first-order valence-corrected chi connectivity index (χ1v) is 6.84. The Morgan fingerprint density at radius 2 is 1.94 bits per heavy atom. The van der Waals surface area contributed by atoms with Crippen LogP contribution in [-0.2, 0) is 0 Å². The van der Waals surface area contributed by atoms with E-state index in [9.17, 15) is 0 Å². The molecule has 0 amide bonds. The molecule has 0 saturated heterocycles. The molecule has 0 saturated carbocycles. The number of hydrogen-bond acceptors (Lipinski definition) is 1. The summed E-state index contributed by atoms with van der Waals surface area (Å²) < 4.78 is 0. The van der Waals surface area contributed by atoms with Crippen LogP contribution in [0.5, 0.6) is 0 Å². The van der Waals surface area contributed by atoms with E-state index in [4.69, 9.17) is 0 Å². The number of thioether (sulfide) groups is 1. The first kappa shape index (κ1) is 13.9. The Balaban J connectivity index is 3.11. The quantitative estimate of drug-likeness (QED) is 0.613. The van der Waals surface area contributed by atoms with Gasteiger partial charge in [-0.3, -0.25) is 0 Å². The van der Waals surface area contributed by atoms with Gasteiger partial charge in [0.1, 0.15) is 0 Å². The summed E-state index contributed by atoms with van der Waals surface area (Å²) in [4.78, 5) is 1.36. The summed E-state index contributed by atoms with van der Waals surface area (Å²) in [5.74, 6) is 1.06.